The molecular formula is C15H26N2O3S. The van der Waals surface area contributed by atoms with E-state index in [9.17, 15) is 8.42 Å². The zero-order chi connectivity index (χ0) is 15.9. The number of likely N-dealkylation sites (N-methyl/N-ethyl adjacent to an activating group) is 1. The van der Waals surface area contributed by atoms with Crippen molar-refractivity contribution in [2.24, 2.45) is 5.92 Å². The Hall–Kier alpha value is -1.11. The summed E-state index contributed by atoms with van der Waals surface area (Å²) in [5, 5.41) is 2.98. The first-order chi connectivity index (χ1) is 9.85. The molecule has 1 aromatic rings. The van der Waals surface area contributed by atoms with Crippen LogP contribution in [0.5, 0.6) is 5.75 Å². The monoisotopic (exact) mass is 314 g/mol. The average Bonchev–Trinajstić information content (AvgIpc) is 2.38. The van der Waals surface area contributed by atoms with Crippen LogP contribution in [0.3, 0.4) is 0 Å². The first kappa shape index (κ1) is 17.9. The molecule has 0 heterocycles. The molecule has 0 saturated carbocycles. The largest absolute Gasteiger partial charge is 0.492 e. The summed E-state index contributed by atoms with van der Waals surface area (Å²) in [5.41, 5.74) is 0. The summed E-state index contributed by atoms with van der Waals surface area (Å²) in [5.74, 6) is 1.12. The minimum atomic E-state index is -3.46. The van der Waals surface area contributed by atoms with Crippen molar-refractivity contribution in [3.63, 3.8) is 0 Å². The minimum Gasteiger partial charge on any atom is -0.492 e. The van der Waals surface area contributed by atoms with Gasteiger partial charge in [0.25, 0.3) is 0 Å². The van der Waals surface area contributed by atoms with Crippen LogP contribution in [0.25, 0.3) is 0 Å². The number of rotatable bonds is 9. The normalized spacial score (nSPS) is 13.4. The van der Waals surface area contributed by atoms with E-state index < -0.39 is 10.0 Å². The van der Waals surface area contributed by atoms with Crippen LogP contribution in [0.15, 0.2) is 29.2 Å². The van der Waals surface area contributed by atoms with Crippen LogP contribution in [-0.2, 0) is 10.0 Å². The van der Waals surface area contributed by atoms with Gasteiger partial charge in [0.15, 0.2) is 0 Å². The second-order valence-corrected chi connectivity index (χ2v) is 7.29. The topological polar surface area (TPSA) is 67.4 Å². The van der Waals surface area contributed by atoms with E-state index in [2.05, 4.69) is 23.9 Å². The van der Waals surface area contributed by atoms with Gasteiger partial charge >= 0.3 is 0 Å². The van der Waals surface area contributed by atoms with E-state index in [1.165, 1.54) is 0 Å². The van der Waals surface area contributed by atoms with E-state index in [0.29, 0.717) is 18.3 Å². The summed E-state index contributed by atoms with van der Waals surface area (Å²) in [7, 11) is -1.61. The third kappa shape index (κ3) is 6.46. The van der Waals surface area contributed by atoms with Crippen LogP contribution in [0.1, 0.15) is 27.2 Å². The zero-order valence-electron chi connectivity index (χ0n) is 13.2. The minimum absolute atomic E-state index is 0.0819. The fourth-order valence-corrected chi connectivity index (χ4v) is 3.33. The van der Waals surface area contributed by atoms with Crippen LogP contribution in [0.4, 0.5) is 0 Å². The SMILES string of the molecule is CNCCOc1ccc(S(=O)(=O)NC(C)CC(C)C)cc1. The van der Waals surface area contributed by atoms with Crippen molar-refractivity contribution in [2.75, 3.05) is 20.2 Å². The lowest BCUT2D eigenvalue weighted by Crippen LogP contribution is -2.33. The molecule has 0 bridgehead atoms. The third-order valence-electron chi connectivity index (χ3n) is 2.94. The highest BCUT2D eigenvalue weighted by Crippen LogP contribution is 2.17. The molecule has 0 aromatic heterocycles. The Morgan fingerprint density at radius 2 is 1.76 bits per heavy atom. The van der Waals surface area contributed by atoms with E-state index in [1.807, 2.05) is 14.0 Å². The van der Waals surface area contributed by atoms with Crippen LogP contribution in [0.2, 0.25) is 0 Å². The number of benzene rings is 1. The van der Waals surface area contributed by atoms with Gasteiger partial charge in [-0.15, -0.1) is 0 Å². The maximum absolute atomic E-state index is 12.2. The van der Waals surface area contributed by atoms with E-state index in [0.717, 1.165) is 13.0 Å². The molecule has 2 N–H and O–H groups in total. The number of ether oxygens (including phenoxy) is 1. The highest BCUT2D eigenvalue weighted by Gasteiger charge is 2.17. The van der Waals surface area contributed by atoms with Crippen molar-refractivity contribution in [3.05, 3.63) is 24.3 Å². The van der Waals surface area contributed by atoms with E-state index in [1.54, 1.807) is 24.3 Å². The molecule has 0 aliphatic carbocycles. The Kier molecular flexibility index (Phi) is 7.14. The van der Waals surface area contributed by atoms with Gasteiger partial charge in [-0.25, -0.2) is 13.1 Å². The second kappa shape index (κ2) is 8.36. The molecule has 0 saturated heterocycles. The zero-order valence-corrected chi connectivity index (χ0v) is 14.0. The number of hydrogen-bond acceptors (Lipinski definition) is 4. The maximum atomic E-state index is 12.2. The van der Waals surface area contributed by atoms with Crippen LogP contribution in [0, 0.1) is 5.92 Å². The van der Waals surface area contributed by atoms with Crippen molar-refractivity contribution < 1.29 is 13.2 Å². The molecule has 1 atom stereocenters. The predicted molar refractivity (Wildman–Crippen MR) is 85.1 cm³/mol. The molecule has 5 nitrogen and oxygen atoms in total. The van der Waals surface area contributed by atoms with Gasteiger partial charge in [-0.2, -0.15) is 0 Å². The molecule has 1 aromatic carbocycles. The summed E-state index contributed by atoms with van der Waals surface area (Å²) in [4.78, 5) is 0.263. The van der Waals surface area contributed by atoms with Gasteiger partial charge in [-0.3, -0.25) is 0 Å². The number of nitrogens with one attached hydrogen (secondary N) is 2. The first-order valence-corrected chi connectivity index (χ1v) is 8.73. The van der Waals surface area contributed by atoms with Crippen molar-refractivity contribution in [3.8, 4) is 5.75 Å². The Morgan fingerprint density at radius 3 is 2.29 bits per heavy atom. The van der Waals surface area contributed by atoms with Gasteiger partial charge < -0.3 is 10.1 Å². The molecule has 6 heteroatoms. The molecule has 1 rings (SSSR count). The molecule has 1 unspecified atom stereocenters. The Bertz CT molecular complexity index is 512. The molecule has 0 fully saturated rings. The van der Waals surface area contributed by atoms with Crippen molar-refractivity contribution in [1.82, 2.24) is 10.0 Å². The first-order valence-electron chi connectivity index (χ1n) is 7.25. The lowest BCUT2D eigenvalue weighted by Gasteiger charge is -2.16. The Labute approximate surface area is 128 Å². The summed E-state index contributed by atoms with van der Waals surface area (Å²) < 4.78 is 32.6. The Balaban J connectivity index is 2.66. The second-order valence-electron chi connectivity index (χ2n) is 5.58. The fraction of sp³-hybridized carbons (Fsp3) is 0.600. The third-order valence-corrected chi connectivity index (χ3v) is 4.54. The fourth-order valence-electron chi connectivity index (χ4n) is 2.07. The summed E-state index contributed by atoms with van der Waals surface area (Å²) >= 11 is 0. The van der Waals surface area contributed by atoms with Gasteiger partial charge in [0, 0.05) is 12.6 Å². The quantitative estimate of drug-likeness (QED) is 0.684. The van der Waals surface area contributed by atoms with E-state index >= 15 is 0 Å². The maximum Gasteiger partial charge on any atom is 0.240 e. The lowest BCUT2D eigenvalue weighted by molar-refractivity contribution is 0.318. The molecule has 0 radical (unpaired) electrons. The van der Waals surface area contributed by atoms with Gasteiger partial charge in [-0.1, -0.05) is 13.8 Å². The van der Waals surface area contributed by atoms with Gasteiger partial charge in [0.2, 0.25) is 10.0 Å². The molecule has 0 aliphatic rings. The summed E-state index contributed by atoms with van der Waals surface area (Å²) in [6.07, 6.45) is 0.810. The van der Waals surface area contributed by atoms with Gasteiger partial charge in [0.1, 0.15) is 12.4 Å². The summed E-state index contributed by atoms with van der Waals surface area (Å²) in [6.45, 7) is 7.32. The Morgan fingerprint density at radius 1 is 1.14 bits per heavy atom. The van der Waals surface area contributed by atoms with E-state index in [4.69, 9.17) is 4.74 Å². The lowest BCUT2D eigenvalue weighted by atomic mass is 10.1. The smallest absolute Gasteiger partial charge is 0.240 e. The average molecular weight is 314 g/mol. The highest BCUT2D eigenvalue weighted by atomic mass is 32.2. The van der Waals surface area contributed by atoms with E-state index in [-0.39, 0.29) is 10.9 Å². The molecule has 21 heavy (non-hydrogen) atoms. The van der Waals surface area contributed by atoms with Crippen LogP contribution in [-0.4, -0.2) is 34.7 Å². The highest BCUT2D eigenvalue weighted by molar-refractivity contribution is 7.89. The number of hydrogen-bond donors (Lipinski definition) is 2. The molecular weight excluding hydrogens is 288 g/mol. The standard InChI is InChI=1S/C15H26N2O3S/c1-12(2)11-13(3)17-21(18,19)15-7-5-14(6-8-15)20-10-9-16-4/h5-8,12-13,16-17H,9-11H2,1-4H3. The van der Waals surface area contributed by atoms with Crippen LogP contribution >= 0.6 is 0 Å². The molecule has 0 aliphatic heterocycles. The molecule has 0 amide bonds. The number of sulfonamides is 1. The van der Waals surface area contributed by atoms with Gasteiger partial charge in [0.05, 0.1) is 4.90 Å². The summed E-state index contributed by atoms with van der Waals surface area (Å²) in [6, 6.07) is 6.41. The molecule has 120 valence electrons. The predicted octanol–water partition coefficient (Wildman–Crippen LogP) is 2.00. The van der Waals surface area contributed by atoms with Gasteiger partial charge in [-0.05, 0) is 50.6 Å². The molecule has 0 spiro atoms. The van der Waals surface area contributed by atoms with Crippen molar-refractivity contribution in [1.29, 1.82) is 0 Å². The van der Waals surface area contributed by atoms with Crippen LogP contribution < -0.4 is 14.8 Å². The van der Waals surface area contributed by atoms with Crippen molar-refractivity contribution >= 4 is 10.0 Å². The van der Waals surface area contributed by atoms with Crippen molar-refractivity contribution in [2.45, 2.75) is 38.1 Å².